The van der Waals surface area contributed by atoms with Gasteiger partial charge < -0.3 is 5.11 Å². The summed E-state index contributed by atoms with van der Waals surface area (Å²) in [7, 11) is 0. The van der Waals surface area contributed by atoms with Crippen LogP contribution in [-0.2, 0) is 6.54 Å². The Morgan fingerprint density at radius 3 is 2.95 bits per heavy atom. The zero-order valence-corrected chi connectivity index (χ0v) is 12.4. The molecule has 6 nitrogen and oxygen atoms in total. The van der Waals surface area contributed by atoms with Crippen molar-refractivity contribution >= 4 is 21.6 Å². The van der Waals surface area contributed by atoms with Crippen molar-refractivity contribution in [2.75, 3.05) is 0 Å². The predicted octanol–water partition coefficient (Wildman–Crippen LogP) is 3.05. The van der Waals surface area contributed by atoms with Gasteiger partial charge in [-0.05, 0) is 27.9 Å². The highest BCUT2D eigenvalue weighted by Crippen LogP contribution is 2.28. The van der Waals surface area contributed by atoms with Crippen molar-refractivity contribution in [3.05, 3.63) is 56.3 Å². The second-order valence-corrected chi connectivity index (χ2v) is 5.20. The van der Waals surface area contributed by atoms with Crippen molar-refractivity contribution < 1.29 is 10.0 Å². The first kappa shape index (κ1) is 14.7. The molecule has 2 rings (SSSR count). The van der Waals surface area contributed by atoms with Crippen LogP contribution in [0.3, 0.4) is 0 Å². The minimum Gasteiger partial charge on any atom is -0.388 e. The molecule has 1 aromatic heterocycles. The molecule has 0 radical (unpaired) electrons. The molecule has 0 aliphatic rings. The van der Waals surface area contributed by atoms with E-state index in [4.69, 9.17) is 0 Å². The van der Waals surface area contributed by atoms with E-state index in [0.29, 0.717) is 17.4 Å². The third kappa shape index (κ3) is 3.05. The average Bonchev–Trinajstić information content (AvgIpc) is 2.88. The first-order chi connectivity index (χ1) is 9.52. The van der Waals surface area contributed by atoms with Gasteiger partial charge in [0, 0.05) is 17.8 Å². The van der Waals surface area contributed by atoms with E-state index in [2.05, 4.69) is 21.0 Å². The fourth-order valence-corrected chi connectivity index (χ4v) is 2.41. The van der Waals surface area contributed by atoms with Crippen LogP contribution in [0.2, 0.25) is 0 Å². The zero-order chi connectivity index (χ0) is 14.7. The van der Waals surface area contributed by atoms with E-state index < -0.39 is 11.0 Å². The van der Waals surface area contributed by atoms with Gasteiger partial charge in [-0.1, -0.05) is 19.1 Å². The highest BCUT2D eigenvalue weighted by Gasteiger charge is 2.15. The van der Waals surface area contributed by atoms with Crippen molar-refractivity contribution in [3.8, 4) is 0 Å². The molecule has 0 saturated carbocycles. The van der Waals surface area contributed by atoms with Crippen molar-refractivity contribution in [2.24, 2.45) is 0 Å². The smallest absolute Gasteiger partial charge is 0.283 e. The molecule has 1 unspecified atom stereocenters. The Bertz CT molecular complexity index is 627. The number of halogens is 1. The standard InChI is InChI=1S/C13H14BrN3O3/c1-2-12(18)10-6-15-16(8-10)7-9-4-3-5-11(13(9)14)17(19)20/h3-6,8,12,18H,2,7H2,1H3. The number of aliphatic hydroxyl groups excluding tert-OH is 1. The number of aliphatic hydroxyl groups is 1. The van der Waals surface area contributed by atoms with E-state index in [1.807, 2.05) is 6.92 Å². The summed E-state index contributed by atoms with van der Waals surface area (Å²) in [6, 6.07) is 4.89. The van der Waals surface area contributed by atoms with Gasteiger partial charge in [0.1, 0.15) is 4.47 Å². The van der Waals surface area contributed by atoms with Crippen molar-refractivity contribution in [2.45, 2.75) is 26.0 Å². The van der Waals surface area contributed by atoms with E-state index in [0.717, 1.165) is 11.1 Å². The van der Waals surface area contributed by atoms with Gasteiger partial charge >= 0.3 is 0 Å². The van der Waals surface area contributed by atoms with Crippen molar-refractivity contribution in [1.29, 1.82) is 0 Å². The molecular weight excluding hydrogens is 326 g/mol. The van der Waals surface area contributed by atoms with Gasteiger partial charge in [0.2, 0.25) is 0 Å². The predicted molar refractivity (Wildman–Crippen MR) is 77.4 cm³/mol. The Kier molecular flexibility index (Phi) is 4.51. The molecule has 0 bridgehead atoms. The Morgan fingerprint density at radius 2 is 2.30 bits per heavy atom. The van der Waals surface area contributed by atoms with Crippen LogP contribution < -0.4 is 0 Å². The fourth-order valence-electron chi connectivity index (χ4n) is 1.88. The number of aromatic nitrogens is 2. The highest BCUT2D eigenvalue weighted by atomic mass is 79.9. The topological polar surface area (TPSA) is 81.2 Å². The van der Waals surface area contributed by atoms with E-state index >= 15 is 0 Å². The number of rotatable bonds is 5. The molecule has 20 heavy (non-hydrogen) atoms. The van der Waals surface area contributed by atoms with Gasteiger partial charge in [0.15, 0.2) is 0 Å². The first-order valence-electron chi connectivity index (χ1n) is 6.15. The second-order valence-electron chi connectivity index (χ2n) is 4.40. The molecule has 0 spiro atoms. The van der Waals surface area contributed by atoms with Gasteiger partial charge in [-0.25, -0.2) is 0 Å². The van der Waals surface area contributed by atoms with Gasteiger partial charge in [-0.15, -0.1) is 0 Å². The summed E-state index contributed by atoms with van der Waals surface area (Å²) in [6.45, 7) is 2.29. The normalized spacial score (nSPS) is 12.3. The lowest BCUT2D eigenvalue weighted by atomic mass is 10.1. The van der Waals surface area contributed by atoms with E-state index in [9.17, 15) is 15.2 Å². The van der Waals surface area contributed by atoms with Crippen molar-refractivity contribution in [3.63, 3.8) is 0 Å². The molecule has 0 saturated heterocycles. The van der Waals surface area contributed by atoms with Crippen LogP contribution in [0, 0.1) is 10.1 Å². The molecule has 1 atom stereocenters. The summed E-state index contributed by atoms with van der Waals surface area (Å²) in [5.41, 5.74) is 1.54. The Balaban J connectivity index is 2.24. The summed E-state index contributed by atoms with van der Waals surface area (Å²) in [4.78, 5) is 10.5. The third-order valence-electron chi connectivity index (χ3n) is 3.01. The van der Waals surface area contributed by atoms with Crippen molar-refractivity contribution in [1.82, 2.24) is 9.78 Å². The largest absolute Gasteiger partial charge is 0.388 e. The molecule has 1 heterocycles. The maximum absolute atomic E-state index is 10.9. The first-order valence-corrected chi connectivity index (χ1v) is 6.94. The van der Waals surface area contributed by atoms with Gasteiger partial charge in [-0.2, -0.15) is 5.10 Å². The molecule has 0 aliphatic carbocycles. The van der Waals surface area contributed by atoms with Crippen LogP contribution in [0.4, 0.5) is 5.69 Å². The monoisotopic (exact) mass is 339 g/mol. The van der Waals surface area contributed by atoms with Crippen LogP contribution >= 0.6 is 15.9 Å². The Morgan fingerprint density at radius 1 is 1.55 bits per heavy atom. The number of benzene rings is 1. The molecule has 0 amide bonds. The van der Waals surface area contributed by atoms with Gasteiger partial charge in [-0.3, -0.25) is 14.8 Å². The lowest BCUT2D eigenvalue weighted by Gasteiger charge is -2.06. The number of nitrogens with zero attached hydrogens (tertiary/aromatic N) is 3. The number of hydrogen-bond donors (Lipinski definition) is 1. The van der Waals surface area contributed by atoms with Crippen LogP contribution in [0.5, 0.6) is 0 Å². The summed E-state index contributed by atoms with van der Waals surface area (Å²) in [5.74, 6) is 0. The molecule has 0 fully saturated rings. The van der Waals surface area contributed by atoms with Gasteiger partial charge in [0.05, 0.1) is 23.8 Å². The maximum Gasteiger partial charge on any atom is 0.283 e. The van der Waals surface area contributed by atoms with Crippen LogP contribution in [0.15, 0.2) is 35.1 Å². The highest BCUT2D eigenvalue weighted by molar-refractivity contribution is 9.10. The number of nitro benzene ring substituents is 1. The molecular formula is C13H14BrN3O3. The Labute approximate surface area is 124 Å². The van der Waals surface area contributed by atoms with E-state index in [-0.39, 0.29) is 5.69 Å². The van der Waals surface area contributed by atoms with Gasteiger partial charge in [0.25, 0.3) is 5.69 Å². The third-order valence-corrected chi connectivity index (χ3v) is 3.93. The maximum atomic E-state index is 10.9. The summed E-state index contributed by atoms with van der Waals surface area (Å²) in [6.07, 6.45) is 3.45. The second kappa shape index (κ2) is 6.15. The summed E-state index contributed by atoms with van der Waals surface area (Å²) in [5, 5.41) is 24.8. The van der Waals surface area contributed by atoms with E-state index in [1.54, 1.807) is 29.2 Å². The molecule has 0 aliphatic heterocycles. The van der Waals surface area contributed by atoms with Crippen LogP contribution in [-0.4, -0.2) is 19.8 Å². The lowest BCUT2D eigenvalue weighted by molar-refractivity contribution is -0.385. The summed E-state index contributed by atoms with van der Waals surface area (Å²) >= 11 is 3.26. The minimum absolute atomic E-state index is 0.0310. The molecule has 1 N–H and O–H groups in total. The van der Waals surface area contributed by atoms with Crippen LogP contribution in [0.1, 0.15) is 30.6 Å². The number of hydrogen-bond acceptors (Lipinski definition) is 4. The quantitative estimate of drug-likeness (QED) is 0.670. The number of nitro groups is 1. The Hall–Kier alpha value is -1.73. The SMILES string of the molecule is CCC(O)c1cnn(Cc2cccc([N+](=O)[O-])c2Br)c1. The summed E-state index contributed by atoms with van der Waals surface area (Å²) < 4.78 is 2.11. The minimum atomic E-state index is -0.530. The molecule has 1 aromatic carbocycles. The van der Waals surface area contributed by atoms with E-state index in [1.165, 1.54) is 6.07 Å². The fraction of sp³-hybridized carbons (Fsp3) is 0.308. The average molecular weight is 340 g/mol. The molecule has 7 heteroatoms. The lowest BCUT2D eigenvalue weighted by Crippen LogP contribution is -2.02. The zero-order valence-electron chi connectivity index (χ0n) is 10.9. The van der Waals surface area contributed by atoms with Crippen LogP contribution in [0.25, 0.3) is 0 Å². The molecule has 2 aromatic rings. The molecule has 106 valence electrons.